The zero-order valence-corrected chi connectivity index (χ0v) is 14.6. The first kappa shape index (κ1) is 17.9. The Morgan fingerprint density at radius 2 is 2.08 bits per heavy atom. The van der Waals surface area contributed by atoms with E-state index >= 15 is 0 Å². The molecule has 8 heteroatoms. The summed E-state index contributed by atoms with van der Waals surface area (Å²) in [6.45, 7) is 2.30. The van der Waals surface area contributed by atoms with E-state index < -0.39 is 5.82 Å². The summed E-state index contributed by atoms with van der Waals surface area (Å²) in [7, 11) is 0. The number of rotatable bonds is 2. The maximum absolute atomic E-state index is 14.2. The van der Waals surface area contributed by atoms with Gasteiger partial charge in [0.25, 0.3) is 5.91 Å². The normalized spacial score (nSPS) is 27.9. The van der Waals surface area contributed by atoms with Crippen LogP contribution in [-0.4, -0.2) is 49.1 Å². The van der Waals surface area contributed by atoms with Crippen molar-refractivity contribution in [1.29, 1.82) is 0 Å². The van der Waals surface area contributed by atoms with Gasteiger partial charge in [0, 0.05) is 37.9 Å². The van der Waals surface area contributed by atoms with Gasteiger partial charge in [-0.2, -0.15) is 0 Å². The number of likely N-dealkylation sites (tertiary alicyclic amines) is 1. The quantitative estimate of drug-likeness (QED) is 0.832. The fourth-order valence-electron chi connectivity index (χ4n) is 4.21. The lowest BCUT2D eigenvalue weighted by molar-refractivity contribution is 0.0775. The molecule has 2 aliphatic heterocycles. The highest BCUT2D eigenvalue weighted by atomic mass is 35.5. The molecule has 4 rings (SSSR count). The summed E-state index contributed by atoms with van der Waals surface area (Å²) in [6.07, 6.45) is 2.04. The van der Waals surface area contributed by atoms with Crippen LogP contribution in [0.2, 0.25) is 0 Å². The SMILES string of the molecule is Cl.NC1CCC2CN(C(=O)c3cc(N4CCNC4=O)ccc3F)CC12. The van der Waals surface area contributed by atoms with E-state index in [0.29, 0.717) is 43.7 Å². The van der Waals surface area contributed by atoms with Gasteiger partial charge in [-0.1, -0.05) is 0 Å². The highest BCUT2D eigenvalue weighted by Gasteiger charge is 2.43. The van der Waals surface area contributed by atoms with Crippen molar-refractivity contribution in [3.63, 3.8) is 0 Å². The molecule has 1 aromatic rings. The zero-order chi connectivity index (χ0) is 16.8. The highest BCUT2D eigenvalue weighted by Crippen LogP contribution is 2.38. The lowest BCUT2D eigenvalue weighted by atomic mass is 9.98. The highest BCUT2D eigenvalue weighted by molar-refractivity contribution is 5.98. The van der Waals surface area contributed by atoms with Gasteiger partial charge >= 0.3 is 6.03 Å². The smallest absolute Gasteiger partial charge is 0.321 e. The molecule has 1 aliphatic carbocycles. The fourth-order valence-corrected chi connectivity index (χ4v) is 4.21. The minimum Gasteiger partial charge on any atom is -0.338 e. The van der Waals surface area contributed by atoms with Crippen LogP contribution in [0.3, 0.4) is 0 Å². The van der Waals surface area contributed by atoms with Crippen LogP contribution in [0.4, 0.5) is 14.9 Å². The molecule has 2 heterocycles. The summed E-state index contributed by atoms with van der Waals surface area (Å²) in [4.78, 5) is 27.8. The van der Waals surface area contributed by atoms with E-state index in [-0.39, 0.29) is 36.0 Å². The van der Waals surface area contributed by atoms with Crippen molar-refractivity contribution in [3.05, 3.63) is 29.6 Å². The number of urea groups is 1. The van der Waals surface area contributed by atoms with Crippen molar-refractivity contribution in [2.45, 2.75) is 18.9 Å². The van der Waals surface area contributed by atoms with E-state index in [4.69, 9.17) is 5.73 Å². The number of nitrogens with zero attached hydrogens (tertiary/aromatic N) is 2. The molecule has 136 valence electrons. The number of benzene rings is 1. The Bertz CT molecular complexity index is 701. The molecule has 3 aliphatic rings. The van der Waals surface area contributed by atoms with Crippen molar-refractivity contribution in [1.82, 2.24) is 10.2 Å². The van der Waals surface area contributed by atoms with Crippen LogP contribution in [0.15, 0.2) is 18.2 Å². The molecule has 6 nitrogen and oxygen atoms in total. The summed E-state index contributed by atoms with van der Waals surface area (Å²) in [5, 5.41) is 2.70. The van der Waals surface area contributed by atoms with Crippen LogP contribution < -0.4 is 16.0 Å². The molecule has 0 aromatic heterocycles. The molecule has 0 spiro atoms. The van der Waals surface area contributed by atoms with Crippen LogP contribution in [0.5, 0.6) is 0 Å². The first-order chi connectivity index (χ1) is 11.5. The molecule has 3 atom stereocenters. The number of hydrogen-bond acceptors (Lipinski definition) is 3. The molecule has 1 aromatic carbocycles. The summed E-state index contributed by atoms with van der Waals surface area (Å²) < 4.78 is 14.2. The third-order valence-electron chi connectivity index (χ3n) is 5.55. The average Bonchev–Trinajstić information content (AvgIpc) is 3.25. The molecule has 2 saturated heterocycles. The maximum Gasteiger partial charge on any atom is 0.321 e. The van der Waals surface area contributed by atoms with Crippen molar-refractivity contribution in [2.24, 2.45) is 17.6 Å². The zero-order valence-electron chi connectivity index (χ0n) is 13.8. The largest absolute Gasteiger partial charge is 0.338 e. The molecule has 1 saturated carbocycles. The van der Waals surface area contributed by atoms with E-state index in [1.54, 1.807) is 4.90 Å². The number of nitrogens with one attached hydrogen (secondary N) is 1. The number of carbonyl (C=O) groups excluding carboxylic acids is 2. The minimum absolute atomic E-state index is 0. The Morgan fingerprint density at radius 3 is 2.76 bits per heavy atom. The third kappa shape index (κ3) is 3.06. The minimum atomic E-state index is -0.551. The van der Waals surface area contributed by atoms with Crippen LogP contribution >= 0.6 is 12.4 Å². The van der Waals surface area contributed by atoms with Crippen molar-refractivity contribution < 1.29 is 14.0 Å². The molecular weight excluding hydrogens is 347 g/mol. The monoisotopic (exact) mass is 368 g/mol. The van der Waals surface area contributed by atoms with Crippen molar-refractivity contribution >= 4 is 30.0 Å². The predicted octanol–water partition coefficient (Wildman–Crippen LogP) is 1.59. The van der Waals surface area contributed by atoms with Crippen LogP contribution in [-0.2, 0) is 0 Å². The molecule has 3 unspecified atom stereocenters. The number of amides is 3. The maximum atomic E-state index is 14.2. The van der Waals surface area contributed by atoms with Crippen molar-refractivity contribution in [2.75, 3.05) is 31.1 Å². The first-order valence-corrected chi connectivity index (χ1v) is 8.44. The Morgan fingerprint density at radius 1 is 1.28 bits per heavy atom. The molecule has 0 bridgehead atoms. The molecule has 3 amide bonds. The third-order valence-corrected chi connectivity index (χ3v) is 5.55. The van der Waals surface area contributed by atoms with Crippen LogP contribution in [0, 0.1) is 17.7 Å². The first-order valence-electron chi connectivity index (χ1n) is 8.44. The van der Waals surface area contributed by atoms with E-state index in [9.17, 15) is 14.0 Å². The number of nitrogens with two attached hydrogens (primary N) is 1. The van der Waals surface area contributed by atoms with Gasteiger partial charge < -0.3 is 16.0 Å². The molecular formula is C17H22ClFN4O2. The average molecular weight is 369 g/mol. The summed E-state index contributed by atoms with van der Waals surface area (Å²) in [5.41, 5.74) is 6.69. The topological polar surface area (TPSA) is 78.7 Å². The van der Waals surface area contributed by atoms with E-state index in [2.05, 4.69) is 5.32 Å². The lowest BCUT2D eigenvalue weighted by Crippen LogP contribution is -2.34. The van der Waals surface area contributed by atoms with Gasteiger partial charge in [0.15, 0.2) is 0 Å². The van der Waals surface area contributed by atoms with Crippen molar-refractivity contribution in [3.8, 4) is 0 Å². The number of anilines is 1. The molecule has 3 N–H and O–H groups in total. The fraction of sp³-hybridized carbons (Fsp3) is 0.529. The molecule has 25 heavy (non-hydrogen) atoms. The van der Waals surface area contributed by atoms with Crippen LogP contribution in [0.1, 0.15) is 23.2 Å². The lowest BCUT2D eigenvalue weighted by Gasteiger charge is -2.21. The number of fused-ring (bicyclic) bond motifs is 1. The number of carbonyl (C=O) groups is 2. The molecule has 0 radical (unpaired) electrons. The van der Waals surface area contributed by atoms with Crippen LogP contribution in [0.25, 0.3) is 0 Å². The second kappa shape index (κ2) is 6.80. The molecule has 3 fully saturated rings. The Hall–Kier alpha value is -1.86. The van der Waals surface area contributed by atoms with E-state index in [0.717, 1.165) is 12.8 Å². The van der Waals surface area contributed by atoms with Gasteiger partial charge in [0.05, 0.1) is 5.56 Å². The Balaban J connectivity index is 0.00000182. The second-order valence-electron chi connectivity index (χ2n) is 6.92. The summed E-state index contributed by atoms with van der Waals surface area (Å²) in [5.74, 6) is -0.107. The summed E-state index contributed by atoms with van der Waals surface area (Å²) in [6, 6.07) is 4.19. The summed E-state index contributed by atoms with van der Waals surface area (Å²) >= 11 is 0. The Labute approximate surface area is 151 Å². The number of halogens is 2. The van der Waals surface area contributed by atoms with Gasteiger partial charge in [-0.3, -0.25) is 9.69 Å². The second-order valence-corrected chi connectivity index (χ2v) is 6.92. The van der Waals surface area contributed by atoms with Gasteiger partial charge in [-0.05, 0) is 42.9 Å². The predicted molar refractivity (Wildman–Crippen MR) is 94.5 cm³/mol. The van der Waals surface area contributed by atoms with Gasteiger partial charge in [-0.25, -0.2) is 9.18 Å². The van der Waals surface area contributed by atoms with Gasteiger partial charge in [-0.15, -0.1) is 12.4 Å². The number of hydrogen-bond donors (Lipinski definition) is 2. The van der Waals surface area contributed by atoms with Gasteiger partial charge in [0.1, 0.15) is 5.82 Å². The standard InChI is InChI=1S/C17H21FN4O2.ClH/c18-14-3-2-11(22-6-5-20-17(22)24)7-12(14)16(23)21-8-10-1-4-15(19)13(10)9-21;/h2-3,7,10,13,15H,1,4-6,8-9,19H2,(H,20,24);1H. The Kier molecular flexibility index (Phi) is 4.88. The van der Waals surface area contributed by atoms with E-state index in [1.165, 1.54) is 23.1 Å². The van der Waals surface area contributed by atoms with E-state index in [1.807, 2.05) is 0 Å². The van der Waals surface area contributed by atoms with Gasteiger partial charge in [0.2, 0.25) is 0 Å².